The number of carbonyl (C=O) groups is 1. The standard InChI is InChI=1S/C15H20N4O2/c1-11-7-13(5-6-14(11)21-4)17-15(20)18(2)9-12-8-16-19(3)10-12/h5-8,10H,9H2,1-4H3,(H,17,20). The number of hydrogen-bond acceptors (Lipinski definition) is 3. The van der Waals surface area contributed by atoms with E-state index in [1.807, 2.05) is 38.4 Å². The van der Waals surface area contributed by atoms with Crippen LogP contribution < -0.4 is 10.1 Å². The molecule has 0 fully saturated rings. The SMILES string of the molecule is COc1ccc(NC(=O)N(C)Cc2cnn(C)c2)cc1C. The lowest BCUT2D eigenvalue weighted by Crippen LogP contribution is -2.30. The Kier molecular flexibility index (Phi) is 4.47. The van der Waals surface area contributed by atoms with E-state index in [0.29, 0.717) is 6.54 Å². The first-order valence-electron chi connectivity index (χ1n) is 6.64. The van der Waals surface area contributed by atoms with Crippen LogP contribution in [0.1, 0.15) is 11.1 Å². The van der Waals surface area contributed by atoms with Crippen molar-refractivity contribution in [2.24, 2.45) is 7.05 Å². The topological polar surface area (TPSA) is 59.4 Å². The molecule has 2 aromatic rings. The number of aryl methyl sites for hydroxylation is 2. The van der Waals surface area contributed by atoms with Gasteiger partial charge in [0, 0.05) is 31.5 Å². The zero-order valence-electron chi connectivity index (χ0n) is 12.8. The van der Waals surface area contributed by atoms with E-state index < -0.39 is 0 Å². The monoisotopic (exact) mass is 288 g/mol. The van der Waals surface area contributed by atoms with Crippen molar-refractivity contribution in [2.45, 2.75) is 13.5 Å². The van der Waals surface area contributed by atoms with Crippen molar-refractivity contribution in [2.75, 3.05) is 19.5 Å². The predicted octanol–water partition coefficient (Wildman–Crippen LogP) is 2.40. The van der Waals surface area contributed by atoms with Crippen LogP contribution in [0.15, 0.2) is 30.6 Å². The van der Waals surface area contributed by atoms with Gasteiger partial charge in [0.05, 0.1) is 19.9 Å². The first-order chi connectivity index (χ1) is 9.99. The summed E-state index contributed by atoms with van der Waals surface area (Å²) in [5.41, 5.74) is 2.71. The molecule has 0 spiro atoms. The van der Waals surface area contributed by atoms with E-state index in [4.69, 9.17) is 4.74 Å². The van der Waals surface area contributed by atoms with Gasteiger partial charge in [-0.3, -0.25) is 4.68 Å². The Morgan fingerprint density at radius 1 is 1.48 bits per heavy atom. The van der Waals surface area contributed by atoms with Crippen LogP contribution in [0.5, 0.6) is 5.75 Å². The molecular weight excluding hydrogens is 268 g/mol. The molecule has 0 aliphatic heterocycles. The van der Waals surface area contributed by atoms with Gasteiger partial charge in [0.1, 0.15) is 5.75 Å². The van der Waals surface area contributed by atoms with Gasteiger partial charge in [0.25, 0.3) is 0 Å². The van der Waals surface area contributed by atoms with Gasteiger partial charge in [0.15, 0.2) is 0 Å². The number of urea groups is 1. The summed E-state index contributed by atoms with van der Waals surface area (Å²) in [6, 6.07) is 5.38. The van der Waals surface area contributed by atoms with E-state index in [-0.39, 0.29) is 6.03 Å². The highest BCUT2D eigenvalue weighted by molar-refractivity contribution is 5.89. The van der Waals surface area contributed by atoms with E-state index in [2.05, 4.69) is 10.4 Å². The maximum atomic E-state index is 12.1. The van der Waals surface area contributed by atoms with Crippen LogP contribution >= 0.6 is 0 Å². The molecule has 21 heavy (non-hydrogen) atoms. The number of anilines is 1. The molecule has 1 N–H and O–H groups in total. The van der Waals surface area contributed by atoms with Gasteiger partial charge < -0.3 is 15.0 Å². The van der Waals surface area contributed by atoms with E-state index in [0.717, 1.165) is 22.6 Å². The van der Waals surface area contributed by atoms with Crippen molar-refractivity contribution >= 4 is 11.7 Å². The Hall–Kier alpha value is -2.50. The average Bonchev–Trinajstić information content (AvgIpc) is 2.84. The van der Waals surface area contributed by atoms with Gasteiger partial charge in [-0.2, -0.15) is 5.10 Å². The number of hydrogen-bond donors (Lipinski definition) is 1. The van der Waals surface area contributed by atoms with Gasteiger partial charge in [-0.25, -0.2) is 4.79 Å². The number of carbonyl (C=O) groups excluding carboxylic acids is 1. The van der Waals surface area contributed by atoms with Crippen molar-refractivity contribution in [3.05, 3.63) is 41.7 Å². The largest absolute Gasteiger partial charge is 0.496 e. The summed E-state index contributed by atoms with van der Waals surface area (Å²) in [7, 11) is 5.23. The second-order valence-electron chi connectivity index (χ2n) is 4.99. The first-order valence-corrected chi connectivity index (χ1v) is 6.64. The van der Waals surface area contributed by atoms with E-state index in [9.17, 15) is 4.79 Å². The maximum absolute atomic E-state index is 12.1. The lowest BCUT2D eigenvalue weighted by atomic mass is 10.2. The molecule has 0 radical (unpaired) electrons. The van der Waals surface area contributed by atoms with Crippen molar-refractivity contribution in [3.8, 4) is 5.75 Å². The molecule has 0 saturated carbocycles. The highest BCUT2D eigenvalue weighted by atomic mass is 16.5. The first kappa shape index (κ1) is 14.9. The summed E-state index contributed by atoms with van der Waals surface area (Å²) < 4.78 is 6.92. The summed E-state index contributed by atoms with van der Waals surface area (Å²) in [6.07, 6.45) is 3.64. The van der Waals surface area contributed by atoms with Gasteiger partial charge in [-0.15, -0.1) is 0 Å². The molecule has 1 aromatic heterocycles. The van der Waals surface area contributed by atoms with Gasteiger partial charge in [0.2, 0.25) is 0 Å². The molecule has 0 aliphatic carbocycles. The maximum Gasteiger partial charge on any atom is 0.321 e. The highest BCUT2D eigenvalue weighted by Gasteiger charge is 2.11. The number of aromatic nitrogens is 2. The van der Waals surface area contributed by atoms with Crippen LogP contribution in [0.2, 0.25) is 0 Å². The average molecular weight is 288 g/mol. The molecule has 0 atom stereocenters. The minimum absolute atomic E-state index is 0.164. The van der Waals surface area contributed by atoms with E-state index in [1.54, 1.807) is 29.9 Å². The molecule has 0 unspecified atom stereocenters. The summed E-state index contributed by atoms with van der Waals surface area (Å²) in [5.74, 6) is 0.803. The fourth-order valence-corrected chi connectivity index (χ4v) is 2.07. The van der Waals surface area contributed by atoms with Crippen LogP contribution in [0.3, 0.4) is 0 Å². The Labute approximate surface area is 124 Å². The smallest absolute Gasteiger partial charge is 0.321 e. The Morgan fingerprint density at radius 3 is 2.81 bits per heavy atom. The van der Waals surface area contributed by atoms with Gasteiger partial charge in [-0.1, -0.05) is 0 Å². The number of ether oxygens (including phenoxy) is 1. The van der Waals surface area contributed by atoms with E-state index in [1.165, 1.54) is 0 Å². The molecule has 2 amide bonds. The highest BCUT2D eigenvalue weighted by Crippen LogP contribution is 2.21. The van der Waals surface area contributed by atoms with Gasteiger partial charge in [-0.05, 0) is 30.7 Å². The van der Waals surface area contributed by atoms with Crippen LogP contribution in [0.25, 0.3) is 0 Å². The second-order valence-corrected chi connectivity index (χ2v) is 4.99. The van der Waals surface area contributed by atoms with Gasteiger partial charge >= 0.3 is 6.03 Å². The van der Waals surface area contributed by atoms with Crippen molar-refractivity contribution < 1.29 is 9.53 Å². The minimum atomic E-state index is -0.164. The third kappa shape index (κ3) is 3.75. The molecule has 6 heteroatoms. The van der Waals surface area contributed by atoms with Crippen LogP contribution in [0.4, 0.5) is 10.5 Å². The fraction of sp³-hybridized carbons (Fsp3) is 0.333. The molecule has 6 nitrogen and oxygen atoms in total. The Morgan fingerprint density at radius 2 is 2.24 bits per heavy atom. The normalized spacial score (nSPS) is 10.3. The molecule has 0 aliphatic rings. The Balaban J connectivity index is 1.98. The van der Waals surface area contributed by atoms with Crippen LogP contribution in [-0.2, 0) is 13.6 Å². The molecule has 2 rings (SSSR count). The fourth-order valence-electron chi connectivity index (χ4n) is 2.07. The number of methoxy groups -OCH3 is 1. The summed E-state index contributed by atoms with van der Waals surface area (Å²) >= 11 is 0. The van der Waals surface area contributed by atoms with Crippen LogP contribution in [-0.4, -0.2) is 34.9 Å². The molecule has 112 valence electrons. The number of nitrogens with one attached hydrogen (secondary N) is 1. The third-order valence-electron chi connectivity index (χ3n) is 3.17. The van der Waals surface area contributed by atoms with Crippen molar-refractivity contribution in [1.29, 1.82) is 0 Å². The quantitative estimate of drug-likeness (QED) is 0.939. The second kappa shape index (κ2) is 6.30. The molecule has 0 saturated heterocycles. The number of nitrogens with zero attached hydrogens (tertiary/aromatic N) is 3. The number of benzene rings is 1. The Bertz CT molecular complexity index is 636. The number of amides is 2. The molecule has 1 heterocycles. The molecule has 1 aromatic carbocycles. The summed E-state index contributed by atoms with van der Waals surface area (Å²) in [4.78, 5) is 13.8. The van der Waals surface area contributed by atoms with Crippen LogP contribution in [0, 0.1) is 6.92 Å². The molecular formula is C15H20N4O2. The summed E-state index contributed by atoms with van der Waals surface area (Å²) in [5, 5.41) is 6.95. The third-order valence-corrected chi connectivity index (χ3v) is 3.17. The molecule has 0 bridgehead atoms. The predicted molar refractivity (Wildman–Crippen MR) is 81.4 cm³/mol. The zero-order chi connectivity index (χ0) is 15.4. The lowest BCUT2D eigenvalue weighted by molar-refractivity contribution is 0.220. The van der Waals surface area contributed by atoms with Crippen molar-refractivity contribution in [3.63, 3.8) is 0 Å². The van der Waals surface area contributed by atoms with E-state index >= 15 is 0 Å². The minimum Gasteiger partial charge on any atom is -0.496 e. The summed E-state index contributed by atoms with van der Waals surface area (Å²) in [6.45, 7) is 2.45. The lowest BCUT2D eigenvalue weighted by Gasteiger charge is -2.17. The number of rotatable bonds is 4. The van der Waals surface area contributed by atoms with Crippen molar-refractivity contribution in [1.82, 2.24) is 14.7 Å². The zero-order valence-corrected chi connectivity index (χ0v) is 12.8.